The predicted molar refractivity (Wildman–Crippen MR) is 139 cm³/mol. The van der Waals surface area contributed by atoms with Crippen molar-refractivity contribution in [2.45, 2.75) is 58.0 Å². The van der Waals surface area contributed by atoms with E-state index < -0.39 is 23.8 Å². The zero-order chi connectivity index (χ0) is 27.9. The van der Waals surface area contributed by atoms with Gasteiger partial charge in [-0.3, -0.25) is 9.88 Å². The lowest BCUT2D eigenvalue weighted by Crippen LogP contribution is -2.37. The average Bonchev–Trinajstić information content (AvgIpc) is 3.60. The number of carbonyl (C=O) groups is 1. The Hall–Kier alpha value is -3.86. The second-order valence-corrected chi connectivity index (χ2v) is 10.6. The van der Waals surface area contributed by atoms with Gasteiger partial charge in [0.05, 0.1) is 12.7 Å². The smallest absolute Gasteiger partial charge is 0.443 e. The SMILES string of the molecule is CC(C)(C)OC(=O)N(Cc1ccc(-c2ncccc2OC(F)(F)F)cc1)c1cc(Cl)nc2c(C3CC3)cnn12. The predicted octanol–water partition coefficient (Wildman–Crippen LogP) is 7.16. The van der Waals surface area contributed by atoms with E-state index in [1.807, 2.05) is 0 Å². The Balaban J connectivity index is 1.50. The molecule has 0 saturated heterocycles. The van der Waals surface area contributed by atoms with Crippen LogP contribution in [0.25, 0.3) is 16.9 Å². The van der Waals surface area contributed by atoms with Gasteiger partial charge in [-0.15, -0.1) is 13.2 Å². The Bertz CT molecular complexity index is 1510. The standard InChI is InChI=1S/C27H25ClF3N5O3/c1-26(2,3)39-25(37)35(22-13-21(28)34-24-19(17-10-11-17)14-33-36(22)24)15-16-6-8-18(9-7-16)23-20(5-4-12-32-23)38-27(29,30)31/h4-9,12-14,17H,10-11,15H2,1-3H3. The minimum Gasteiger partial charge on any atom is -0.443 e. The molecule has 0 radical (unpaired) electrons. The number of pyridine rings is 1. The maximum atomic E-state index is 13.4. The number of halogens is 4. The molecule has 204 valence electrons. The molecule has 0 aliphatic heterocycles. The lowest BCUT2D eigenvalue weighted by Gasteiger charge is -2.27. The van der Waals surface area contributed by atoms with Crippen molar-refractivity contribution in [1.82, 2.24) is 19.6 Å². The molecule has 3 aromatic heterocycles. The molecule has 1 saturated carbocycles. The highest BCUT2D eigenvalue weighted by atomic mass is 35.5. The first-order valence-electron chi connectivity index (χ1n) is 12.2. The van der Waals surface area contributed by atoms with Crippen LogP contribution in [0.1, 0.15) is 50.7 Å². The van der Waals surface area contributed by atoms with Crippen molar-refractivity contribution in [3.05, 3.63) is 71.1 Å². The Morgan fingerprint density at radius 3 is 2.51 bits per heavy atom. The molecule has 12 heteroatoms. The van der Waals surface area contributed by atoms with Crippen LogP contribution in [-0.4, -0.2) is 37.6 Å². The van der Waals surface area contributed by atoms with Crippen LogP contribution in [0.3, 0.4) is 0 Å². The number of hydrogen-bond acceptors (Lipinski definition) is 6. The van der Waals surface area contributed by atoms with E-state index in [-0.39, 0.29) is 17.4 Å². The van der Waals surface area contributed by atoms with Crippen molar-refractivity contribution in [1.29, 1.82) is 0 Å². The maximum Gasteiger partial charge on any atom is 0.573 e. The van der Waals surface area contributed by atoms with Gasteiger partial charge in [-0.2, -0.15) is 9.61 Å². The number of fused-ring (bicyclic) bond motifs is 1. The van der Waals surface area contributed by atoms with E-state index in [0.717, 1.165) is 18.4 Å². The minimum absolute atomic E-state index is 0.0390. The molecule has 0 spiro atoms. The van der Waals surface area contributed by atoms with Crippen LogP contribution in [-0.2, 0) is 11.3 Å². The lowest BCUT2D eigenvalue weighted by atomic mass is 10.1. The topological polar surface area (TPSA) is 81.8 Å². The molecule has 8 nitrogen and oxygen atoms in total. The van der Waals surface area contributed by atoms with Crippen molar-refractivity contribution >= 4 is 29.2 Å². The number of anilines is 1. The Labute approximate surface area is 227 Å². The fourth-order valence-electron chi connectivity index (χ4n) is 4.13. The summed E-state index contributed by atoms with van der Waals surface area (Å²) in [5.41, 5.74) is 1.91. The summed E-state index contributed by atoms with van der Waals surface area (Å²) >= 11 is 6.38. The van der Waals surface area contributed by atoms with Crippen LogP contribution in [0.2, 0.25) is 5.15 Å². The van der Waals surface area contributed by atoms with Gasteiger partial charge >= 0.3 is 12.5 Å². The summed E-state index contributed by atoms with van der Waals surface area (Å²) in [7, 11) is 0. The zero-order valence-electron chi connectivity index (χ0n) is 21.4. The molecule has 1 aromatic carbocycles. The number of ether oxygens (including phenoxy) is 2. The molecule has 39 heavy (non-hydrogen) atoms. The molecule has 0 atom stereocenters. The normalized spacial score (nSPS) is 13.9. The molecule has 1 fully saturated rings. The van der Waals surface area contributed by atoms with Gasteiger partial charge in [0, 0.05) is 23.4 Å². The van der Waals surface area contributed by atoms with Crippen molar-refractivity contribution in [2.24, 2.45) is 0 Å². The van der Waals surface area contributed by atoms with E-state index in [1.165, 1.54) is 23.2 Å². The van der Waals surface area contributed by atoms with Crippen LogP contribution in [0.4, 0.5) is 23.8 Å². The number of nitrogens with zero attached hydrogens (tertiary/aromatic N) is 5. The molecule has 5 rings (SSSR count). The second kappa shape index (κ2) is 10.0. The quantitative estimate of drug-likeness (QED) is 0.233. The van der Waals surface area contributed by atoms with Gasteiger partial charge in [0.1, 0.15) is 22.3 Å². The molecule has 4 aromatic rings. The minimum atomic E-state index is -4.85. The van der Waals surface area contributed by atoms with E-state index in [0.29, 0.717) is 28.5 Å². The summed E-state index contributed by atoms with van der Waals surface area (Å²) in [6.45, 7) is 5.36. The number of carbonyl (C=O) groups excluding carboxylic acids is 1. The van der Waals surface area contributed by atoms with Gasteiger partial charge in [-0.05, 0) is 57.2 Å². The highest BCUT2D eigenvalue weighted by Crippen LogP contribution is 2.42. The molecule has 1 aliphatic carbocycles. The summed E-state index contributed by atoms with van der Waals surface area (Å²) in [5.74, 6) is 0.328. The lowest BCUT2D eigenvalue weighted by molar-refractivity contribution is -0.274. The summed E-state index contributed by atoms with van der Waals surface area (Å²) in [6, 6.07) is 10.7. The molecule has 3 heterocycles. The molecule has 0 N–H and O–H groups in total. The zero-order valence-corrected chi connectivity index (χ0v) is 22.1. The van der Waals surface area contributed by atoms with Gasteiger partial charge < -0.3 is 9.47 Å². The van der Waals surface area contributed by atoms with Crippen molar-refractivity contribution in [3.8, 4) is 17.0 Å². The van der Waals surface area contributed by atoms with Gasteiger partial charge in [-0.25, -0.2) is 9.78 Å². The number of aromatic nitrogens is 4. The third kappa shape index (κ3) is 6.25. The van der Waals surface area contributed by atoms with Crippen molar-refractivity contribution < 1.29 is 27.4 Å². The van der Waals surface area contributed by atoms with Gasteiger partial charge in [0.15, 0.2) is 11.4 Å². The van der Waals surface area contributed by atoms with Gasteiger partial charge in [0.25, 0.3) is 0 Å². The third-order valence-electron chi connectivity index (χ3n) is 5.92. The van der Waals surface area contributed by atoms with Crippen LogP contribution in [0, 0.1) is 0 Å². The molecular weight excluding hydrogens is 535 g/mol. The number of alkyl halides is 3. The van der Waals surface area contributed by atoms with E-state index in [9.17, 15) is 18.0 Å². The largest absolute Gasteiger partial charge is 0.573 e. The monoisotopic (exact) mass is 559 g/mol. The summed E-state index contributed by atoms with van der Waals surface area (Å²) in [6.07, 6.45) is -0.263. The summed E-state index contributed by atoms with van der Waals surface area (Å²) < 4.78 is 50.0. The third-order valence-corrected chi connectivity index (χ3v) is 6.11. The fourth-order valence-corrected chi connectivity index (χ4v) is 4.31. The average molecular weight is 560 g/mol. The highest BCUT2D eigenvalue weighted by molar-refractivity contribution is 6.29. The first kappa shape index (κ1) is 26.7. The number of hydrogen-bond donors (Lipinski definition) is 0. The fraction of sp³-hybridized carbons (Fsp3) is 0.333. The first-order valence-corrected chi connectivity index (χ1v) is 12.6. The van der Waals surface area contributed by atoms with E-state index in [1.54, 1.807) is 61.8 Å². The molecular formula is C27H25ClF3N5O3. The first-order chi connectivity index (χ1) is 18.4. The molecule has 1 aliphatic rings. The number of amides is 1. The van der Waals surface area contributed by atoms with Crippen LogP contribution < -0.4 is 9.64 Å². The van der Waals surface area contributed by atoms with Gasteiger partial charge in [0.2, 0.25) is 0 Å². The second-order valence-electron chi connectivity index (χ2n) is 10.2. The molecule has 0 unspecified atom stereocenters. The Morgan fingerprint density at radius 1 is 1.15 bits per heavy atom. The van der Waals surface area contributed by atoms with E-state index >= 15 is 0 Å². The van der Waals surface area contributed by atoms with Crippen LogP contribution >= 0.6 is 11.6 Å². The van der Waals surface area contributed by atoms with Crippen molar-refractivity contribution in [3.63, 3.8) is 0 Å². The summed E-state index contributed by atoms with van der Waals surface area (Å²) in [4.78, 5) is 23.3. The summed E-state index contributed by atoms with van der Waals surface area (Å²) in [5, 5.41) is 4.69. The van der Waals surface area contributed by atoms with Crippen LogP contribution in [0.5, 0.6) is 5.75 Å². The number of benzene rings is 1. The molecule has 0 bridgehead atoms. The Kier molecular flexibility index (Phi) is 6.88. The van der Waals surface area contributed by atoms with E-state index in [4.69, 9.17) is 16.3 Å². The van der Waals surface area contributed by atoms with Crippen LogP contribution in [0.15, 0.2) is 54.9 Å². The van der Waals surface area contributed by atoms with Gasteiger partial charge in [-0.1, -0.05) is 35.9 Å². The maximum absolute atomic E-state index is 13.4. The molecule has 1 amide bonds. The van der Waals surface area contributed by atoms with E-state index in [2.05, 4.69) is 19.8 Å². The highest BCUT2D eigenvalue weighted by Gasteiger charge is 2.33. The Morgan fingerprint density at radius 2 is 1.87 bits per heavy atom. The van der Waals surface area contributed by atoms with Crippen molar-refractivity contribution in [2.75, 3.05) is 4.90 Å². The number of rotatable bonds is 6.